The summed E-state index contributed by atoms with van der Waals surface area (Å²) < 4.78 is 51.2. The fourth-order valence-corrected chi connectivity index (χ4v) is 5.93. The van der Waals surface area contributed by atoms with Gasteiger partial charge < -0.3 is 29.4 Å². The van der Waals surface area contributed by atoms with Crippen LogP contribution in [0.5, 0.6) is 0 Å². The van der Waals surface area contributed by atoms with Crippen molar-refractivity contribution in [3.05, 3.63) is 27.3 Å². The number of nitrogens with one attached hydrogen (secondary N) is 1. The molecule has 180 valence electrons. The highest BCUT2D eigenvalue weighted by atomic mass is 35.5. The standard InChI is InChI=1S/C10H12Cl2N3O14P3/c11-2-1-10(12)6(16)5(27-7(10)15-4-13-8(17)14-9(15)18)3-26-31(22,23)29-32(24,25)28-30(19,20)21/h4-7,16H,3H2,(H,22,23)(H,24,25)(H,14,17,18)(H2,19,20,21)/t5-,6+,7-,10?/m1/s1. The minimum absolute atomic E-state index is 0.615. The number of ether oxygens (including phenoxy) is 1. The first kappa shape index (κ1) is 27.3. The summed E-state index contributed by atoms with van der Waals surface area (Å²) in [4.78, 5) is 61.7. The predicted molar refractivity (Wildman–Crippen MR) is 101 cm³/mol. The summed E-state index contributed by atoms with van der Waals surface area (Å²) in [6.45, 7) is -1.11. The number of phosphoric ester groups is 1. The summed E-state index contributed by atoms with van der Waals surface area (Å²) >= 11 is 11.6. The average molecular weight is 562 g/mol. The number of aliphatic hydroxyl groups is 1. The smallest absolute Gasteiger partial charge is 0.387 e. The molecule has 1 saturated heterocycles. The van der Waals surface area contributed by atoms with Gasteiger partial charge in [-0.3, -0.25) is 14.1 Å². The molecule has 1 aliphatic rings. The lowest BCUT2D eigenvalue weighted by Crippen LogP contribution is -2.44. The number of rotatable bonds is 8. The SMILES string of the molecule is O=c1ncn([C@@H]2O[C@H](COP(=O)(O)OP(=O)(O)OP(=O)(O)O)[C@H](O)C2(Cl)C#CCl)c(=O)[nH]1. The molecule has 0 saturated carbocycles. The van der Waals surface area contributed by atoms with Crippen molar-refractivity contribution in [3.63, 3.8) is 0 Å². The molecule has 0 radical (unpaired) electrons. The van der Waals surface area contributed by atoms with E-state index in [1.54, 1.807) is 4.98 Å². The van der Waals surface area contributed by atoms with Gasteiger partial charge in [-0.25, -0.2) is 23.3 Å². The Morgan fingerprint density at radius 3 is 2.38 bits per heavy atom. The van der Waals surface area contributed by atoms with Crippen LogP contribution in [0.25, 0.3) is 0 Å². The van der Waals surface area contributed by atoms with E-state index in [2.05, 4.69) is 24.0 Å². The van der Waals surface area contributed by atoms with Crippen molar-refractivity contribution in [2.45, 2.75) is 23.3 Å². The lowest BCUT2D eigenvalue weighted by molar-refractivity contribution is -0.0459. The highest BCUT2D eigenvalue weighted by Crippen LogP contribution is 2.66. The van der Waals surface area contributed by atoms with Crippen LogP contribution in [-0.2, 0) is 31.6 Å². The van der Waals surface area contributed by atoms with E-state index in [1.807, 2.05) is 5.38 Å². The Morgan fingerprint density at radius 1 is 1.22 bits per heavy atom. The zero-order valence-corrected chi connectivity index (χ0v) is 19.1. The zero-order chi connectivity index (χ0) is 24.5. The zero-order valence-electron chi connectivity index (χ0n) is 14.9. The Morgan fingerprint density at radius 2 is 1.84 bits per heavy atom. The molecule has 1 aliphatic heterocycles. The molecule has 2 rings (SSSR count). The number of aromatic nitrogens is 3. The maximum atomic E-state index is 12.0. The minimum atomic E-state index is -5.78. The Labute approximate surface area is 186 Å². The van der Waals surface area contributed by atoms with Crippen LogP contribution in [0.15, 0.2) is 15.9 Å². The number of hydrogen-bond acceptors (Lipinski definition) is 11. The molecule has 6 atom stereocenters. The molecule has 0 bridgehead atoms. The van der Waals surface area contributed by atoms with E-state index in [0.717, 1.165) is 0 Å². The van der Waals surface area contributed by atoms with Gasteiger partial charge in [-0.1, -0.05) is 17.5 Å². The van der Waals surface area contributed by atoms with Gasteiger partial charge >= 0.3 is 34.8 Å². The average Bonchev–Trinajstić information content (AvgIpc) is 2.82. The number of halogens is 2. The van der Waals surface area contributed by atoms with Crippen molar-refractivity contribution in [2.75, 3.05) is 6.61 Å². The number of H-pyrrole nitrogens is 1. The lowest BCUT2D eigenvalue weighted by Gasteiger charge is -2.25. The molecule has 17 nitrogen and oxygen atoms in total. The summed E-state index contributed by atoms with van der Waals surface area (Å²) in [5, 5.41) is 12.3. The molecule has 0 amide bonds. The molecule has 0 aliphatic carbocycles. The topological polar surface area (TPSA) is 257 Å². The molecule has 2 heterocycles. The highest BCUT2D eigenvalue weighted by molar-refractivity contribution is 7.66. The quantitative estimate of drug-likeness (QED) is 0.122. The van der Waals surface area contributed by atoms with Gasteiger partial charge in [0.1, 0.15) is 18.5 Å². The third-order valence-corrected chi connectivity index (χ3v) is 7.90. The molecule has 32 heavy (non-hydrogen) atoms. The van der Waals surface area contributed by atoms with Gasteiger partial charge in [0, 0.05) is 5.38 Å². The lowest BCUT2D eigenvalue weighted by atomic mass is 10.00. The van der Waals surface area contributed by atoms with E-state index in [1.165, 1.54) is 0 Å². The van der Waals surface area contributed by atoms with Gasteiger partial charge in [0.2, 0.25) is 0 Å². The number of aromatic amines is 1. The van der Waals surface area contributed by atoms with Crippen molar-refractivity contribution < 1.29 is 56.3 Å². The van der Waals surface area contributed by atoms with Gasteiger partial charge in [-0.2, -0.15) is 13.6 Å². The predicted octanol–water partition coefficient (Wildman–Crippen LogP) is -1.29. The molecule has 3 unspecified atom stereocenters. The summed E-state index contributed by atoms with van der Waals surface area (Å²) in [6.07, 6.45) is -4.54. The number of nitrogens with zero attached hydrogens (tertiary/aromatic N) is 2. The molecule has 22 heteroatoms. The first-order chi connectivity index (χ1) is 14.5. The van der Waals surface area contributed by atoms with Gasteiger partial charge in [-0.05, 0) is 11.6 Å². The van der Waals surface area contributed by atoms with E-state index in [4.69, 9.17) is 42.6 Å². The maximum Gasteiger partial charge on any atom is 0.490 e. The maximum absolute atomic E-state index is 12.0. The molecular formula is C10H12Cl2N3O14P3. The summed E-state index contributed by atoms with van der Waals surface area (Å²) in [5.41, 5.74) is -2.10. The van der Waals surface area contributed by atoms with Crippen molar-refractivity contribution in [1.29, 1.82) is 0 Å². The molecule has 1 aromatic rings. The van der Waals surface area contributed by atoms with Crippen LogP contribution in [0.1, 0.15) is 6.23 Å². The molecule has 0 spiro atoms. The number of aliphatic hydroxyl groups excluding tert-OH is 1. The van der Waals surface area contributed by atoms with E-state index < -0.39 is 64.8 Å². The molecule has 0 aromatic carbocycles. The second-order valence-electron chi connectivity index (χ2n) is 5.73. The first-order valence-corrected chi connectivity index (χ1v) is 12.9. The van der Waals surface area contributed by atoms with Crippen LogP contribution < -0.4 is 11.4 Å². The molecule has 1 fully saturated rings. The minimum Gasteiger partial charge on any atom is -0.387 e. The first-order valence-electron chi connectivity index (χ1n) is 7.61. The third-order valence-electron chi connectivity index (χ3n) is 3.50. The van der Waals surface area contributed by atoms with Crippen LogP contribution in [0, 0.1) is 11.3 Å². The number of alkyl halides is 1. The van der Waals surface area contributed by atoms with Gasteiger partial charge in [0.25, 0.3) is 0 Å². The van der Waals surface area contributed by atoms with Crippen LogP contribution in [0.2, 0.25) is 0 Å². The van der Waals surface area contributed by atoms with Crippen molar-refractivity contribution >= 4 is 46.7 Å². The fraction of sp³-hybridized carbons (Fsp3) is 0.500. The van der Waals surface area contributed by atoms with Crippen molar-refractivity contribution in [2.24, 2.45) is 0 Å². The third kappa shape index (κ3) is 6.80. The van der Waals surface area contributed by atoms with Crippen LogP contribution >= 0.6 is 46.7 Å². The Hall–Kier alpha value is -0.920. The van der Waals surface area contributed by atoms with E-state index >= 15 is 0 Å². The normalized spacial score (nSPS) is 29.5. The summed E-state index contributed by atoms with van der Waals surface area (Å²) in [6, 6.07) is 0. The van der Waals surface area contributed by atoms with E-state index in [0.29, 0.717) is 10.9 Å². The Kier molecular flexibility index (Phi) is 8.32. The van der Waals surface area contributed by atoms with Crippen LogP contribution in [0.4, 0.5) is 0 Å². The second-order valence-corrected chi connectivity index (χ2v) is 11.0. The summed E-state index contributed by atoms with van der Waals surface area (Å²) in [7, 11) is -16.9. The van der Waals surface area contributed by atoms with Crippen molar-refractivity contribution in [3.8, 4) is 11.3 Å². The molecular weight excluding hydrogens is 550 g/mol. The van der Waals surface area contributed by atoms with E-state index in [9.17, 15) is 33.3 Å². The van der Waals surface area contributed by atoms with Gasteiger partial charge in [0.15, 0.2) is 11.1 Å². The van der Waals surface area contributed by atoms with Crippen molar-refractivity contribution in [1.82, 2.24) is 14.5 Å². The Balaban J connectivity index is 2.24. The van der Waals surface area contributed by atoms with Gasteiger partial charge in [-0.15, -0.1) is 0 Å². The second kappa shape index (κ2) is 9.75. The Bertz CT molecular complexity index is 1190. The monoisotopic (exact) mass is 561 g/mol. The largest absolute Gasteiger partial charge is 0.490 e. The summed E-state index contributed by atoms with van der Waals surface area (Å²) in [5.74, 6) is 2.17. The van der Waals surface area contributed by atoms with E-state index in [-0.39, 0.29) is 0 Å². The van der Waals surface area contributed by atoms with Crippen LogP contribution in [-0.4, -0.2) is 62.9 Å². The molecule has 6 N–H and O–H groups in total. The van der Waals surface area contributed by atoms with Gasteiger partial charge in [0.05, 0.1) is 6.61 Å². The number of phosphoric acid groups is 3. The molecule has 1 aromatic heterocycles. The fourth-order valence-electron chi connectivity index (χ4n) is 2.36. The van der Waals surface area contributed by atoms with Crippen LogP contribution in [0.3, 0.4) is 0 Å². The highest BCUT2D eigenvalue weighted by Gasteiger charge is 2.57. The number of hydrogen-bond donors (Lipinski definition) is 6.